The van der Waals surface area contributed by atoms with Crippen LogP contribution in [0.1, 0.15) is 32.3 Å². The summed E-state index contributed by atoms with van der Waals surface area (Å²) < 4.78 is 58.8. The van der Waals surface area contributed by atoms with Crippen LogP contribution in [-0.2, 0) is 26.6 Å². The minimum absolute atomic E-state index is 0.0986. The summed E-state index contributed by atoms with van der Waals surface area (Å²) in [4.78, 5) is 4.29. The molecule has 0 bridgehead atoms. The zero-order valence-electron chi connectivity index (χ0n) is 18.7. The van der Waals surface area contributed by atoms with Crippen molar-refractivity contribution in [2.45, 2.75) is 44.2 Å². The molecule has 176 valence electrons. The Bertz CT molecular complexity index is 1080. The molecule has 3 rings (SSSR count). The second-order valence-electron chi connectivity index (χ2n) is 8.50. The lowest BCUT2D eigenvalue weighted by Gasteiger charge is -2.30. The van der Waals surface area contributed by atoms with E-state index in [-0.39, 0.29) is 23.5 Å². The zero-order chi connectivity index (χ0) is 23.4. The molecule has 0 N–H and O–H groups in total. The summed E-state index contributed by atoms with van der Waals surface area (Å²) in [6.45, 7) is 5.47. The molecule has 0 amide bonds. The molecule has 8 nitrogen and oxygen atoms in total. The number of piperidine rings is 1. The van der Waals surface area contributed by atoms with Gasteiger partial charge in [-0.05, 0) is 54.7 Å². The van der Waals surface area contributed by atoms with E-state index in [2.05, 4.69) is 4.98 Å². The number of hydrogen-bond acceptors (Lipinski definition) is 6. The van der Waals surface area contributed by atoms with Gasteiger partial charge in [0.25, 0.3) is 0 Å². The number of hydrogen-bond donors (Lipinski definition) is 0. The van der Waals surface area contributed by atoms with Crippen molar-refractivity contribution in [3.8, 4) is 5.75 Å². The third-order valence-corrected chi connectivity index (χ3v) is 8.41. The van der Waals surface area contributed by atoms with Crippen molar-refractivity contribution in [2.24, 2.45) is 5.92 Å². The summed E-state index contributed by atoms with van der Waals surface area (Å²) in [5.41, 5.74) is 0.831. The van der Waals surface area contributed by atoms with Crippen molar-refractivity contribution in [1.29, 1.82) is 0 Å². The fraction of sp³-hybridized carbons (Fsp3) is 0.500. The van der Waals surface area contributed by atoms with Crippen LogP contribution >= 0.6 is 0 Å². The molecule has 1 saturated heterocycles. The summed E-state index contributed by atoms with van der Waals surface area (Å²) >= 11 is 0. The van der Waals surface area contributed by atoms with E-state index in [0.29, 0.717) is 38.2 Å². The first-order valence-electron chi connectivity index (χ1n) is 10.7. The van der Waals surface area contributed by atoms with Gasteiger partial charge in [-0.1, -0.05) is 19.9 Å². The van der Waals surface area contributed by atoms with Crippen LogP contribution in [0.4, 0.5) is 0 Å². The van der Waals surface area contributed by atoms with Gasteiger partial charge >= 0.3 is 0 Å². The molecule has 32 heavy (non-hydrogen) atoms. The maximum atomic E-state index is 13.3. The number of benzene rings is 1. The third-order valence-electron chi connectivity index (χ3n) is 5.28. The second-order valence-corrected chi connectivity index (χ2v) is 12.4. The Morgan fingerprint density at radius 2 is 1.75 bits per heavy atom. The Kier molecular flexibility index (Phi) is 7.92. The number of nitrogens with zero attached hydrogens (tertiary/aromatic N) is 3. The van der Waals surface area contributed by atoms with E-state index < -0.39 is 20.0 Å². The fourth-order valence-corrected chi connectivity index (χ4v) is 6.13. The van der Waals surface area contributed by atoms with Crippen molar-refractivity contribution in [3.05, 3.63) is 54.4 Å². The summed E-state index contributed by atoms with van der Waals surface area (Å²) in [7, 11) is -6.87. The quantitative estimate of drug-likeness (QED) is 0.546. The highest BCUT2D eigenvalue weighted by Crippen LogP contribution is 2.25. The molecule has 1 fully saturated rings. The molecule has 0 aliphatic carbocycles. The number of pyridine rings is 1. The van der Waals surface area contributed by atoms with Gasteiger partial charge in [-0.3, -0.25) is 4.98 Å². The van der Waals surface area contributed by atoms with Crippen LogP contribution in [0.2, 0.25) is 0 Å². The van der Waals surface area contributed by atoms with Crippen molar-refractivity contribution < 1.29 is 21.6 Å². The Hall–Kier alpha value is -2.01. The Morgan fingerprint density at radius 3 is 2.28 bits per heavy atom. The average Bonchev–Trinajstić information content (AvgIpc) is 2.74. The largest absolute Gasteiger partial charge is 0.490 e. The van der Waals surface area contributed by atoms with Crippen LogP contribution in [0.3, 0.4) is 0 Å². The highest BCUT2D eigenvalue weighted by Gasteiger charge is 2.27. The van der Waals surface area contributed by atoms with Crippen molar-refractivity contribution >= 4 is 20.0 Å². The molecule has 1 aliphatic rings. The average molecular weight is 482 g/mol. The van der Waals surface area contributed by atoms with Crippen LogP contribution in [0.5, 0.6) is 5.75 Å². The lowest BCUT2D eigenvalue weighted by Crippen LogP contribution is -2.41. The molecule has 1 aromatic carbocycles. The van der Waals surface area contributed by atoms with Gasteiger partial charge in [-0.25, -0.2) is 21.1 Å². The second kappa shape index (κ2) is 10.3. The topological polar surface area (TPSA) is 96.9 Å². The van der Waals surface area contributed by atoms with Gasteiger partial charge in [0.1, 0.15) is 11.9 Å². The fourth-order valence-electron chi connectivity index (χ4n) is 3.66. The highest BCUT2D eigenvalue weighted by atomic mass is 32.2. The molecule has 1 aliphatic heterocycles. The first-order chi connectivity index (χ1) is 15.1. The summed E-state index contributed by atoms with van der Waals surface area (Å²) in [6.07, 6.45) is 5.65. The summed E-state index contributed by atoms with van der Waals surface area (Å²) in [6, 6.07) is 10.1. The molecule has 10 heteroatoms. The van der Waals surface area contributed by atoms with Crippen LogP contribution in [0.25, 0.3) is 0 Å². The Balaban J connectivity index is 1.69. The van der Waals surface area contributed by atoms with E-state index in [1.807, 2.05) is 19.9 Å². The number of ether oxygens (including phenoxy) is 1. The maximum absolute atomic E-state index is 13.3. The minimum atomic E-state index is -3.69. The lowest BCUT2D eigenvalue weighted by atomic mass is 10.1. The maximum Gasteiger partial charge on any atom is 0.243 e. The van der Waals surface area contributed by atoms with Crippen LogP contribution in [-0.4, -0.2) is 62.4 Å². The lowest BCUT2D eigenvalue weighted by molar-refractivity contribution is 0.135. The van der Waals surface area contributed by atoms with Crippen molar-refractivity contribution in [3.63, 3.8) is 0 Å². The van der Waals surface area contributed by atoms with E-state index in [1.54, 1.807) is 42.7 Å². The van der Waals surface area contributed by atoms with E-state index in [4.69, 9.17) is 4.74 Å². The van der Waals surface area contributed by atoms with Gasteiger partial charge in [0.15, 0.2) is 0 Å². The monoisotopic (exact) mass is 481 g/mol. The molecule has 0 spiro atoms. The molecule has 2 aromatic rings. The number of sulfonamides is 2. The van der Waals surface area contributed by atoms with Crippen LogP contribution in [0.15, 0.2) is 53.7 Å². The summed E-state index contributed by atoms with van der Waals surface area (Å²) in [5.74, 6) is 0.742. The standard InChI is InChI=1S/C22H31N3O5S2/c1-18(2)16-25(17-19-5-4-12-23-15-19)32(28,29)22-8-6-20(7-9-22)30-21-10-13-24(14-11-21)31(3,26)27/h4-9,12,15,18,21H,10-11,13-14,16-17H2,1-3H3. The summed E-state index contributed by atoms with van der Waals surface area (Å²) in [5, 5.41) is 0. The molecule has 1 aromatic heterocycles. The van der Waals surface area contributed by atoms with E-state index in [0.717, 1.165) is 5.56 Å². The predicted molar refractivity (Wildman–Crippen MR) is 123 cm³/mol. The van der Waals surface area contributed by atoms with Gasteiger partial charge in [0.05, 0.1) is 11.2 Å². The van der Waals surface area contributed by atoms with Gasteiger partial charge in [-0.15, -0.1) is 0 Å². The predicted octanol–water partition coefficient (Wildman–Crippen LogP) is 2.73. The molecular weight excluding hydrogens is 450 g/mol. The van der Waals surface area contributed by atoms with Crippen molar-refractivity contribution in [1.82, 2.24) is 13.6 Å². The zero-order valence-corrected chi connectivity index (χ0v) is 20.3. The molecule has 0 atom stereocenters. The smallest absolute Gasteiger partial charge is 0.243 e. The van der Waals surface area contributed by atoms with Crippen LogP contribution < -0.4 is 4.74 Å². The minimum Gasteiger partial charge on any atom is -0.490 e. The molecule has 2 heterocycles. The van der Waals surface area contributed by atoms with E-state index >= 15 is 0 Å². The van der Waals surface area contributed by atoms with Gasteiger partial charge in [-0.2, -0.15) is 4.31 Å². The van der Waals surface area contributed by atoms with Gasteiger partial charge in [0.2, 0.25) is 20.0 Å². The molecule has 0 saturated carbocycles. The number of aromatic nitrogens is 1. The number of rotatable bonds is 9. The van der Waals surface area contributed by atoms with Crippen LogP contribution in [0, 0.1) is 5.92 Å². The van der Waals surface area contributed by atoms with Gasteiger partial charge < -0.3 is 4.74 Å². The Labute approximate surface area is 191 Å². The first kappa shape index (κ1) is 24.6. The SMILES string of the molecule is CC(C)CN(Cc1cccnc1)S(=O)(=O)c1ccc(OC2CCN(S(C)(=O)=O)CC2)cc1. The molecule has 0 unspecified atom stereocenters. The normalized spacial score (nSPS) is 16.5. The van der Waals surface area contributed by atoms with Gasteiger partial charge in [0, 0.05) is 38.6 Å². The Morgan fingerprint density at radius 1 is 1.09 bits per heavy atom. The van der Waals surface area contributed by atoms with Crippen molar-refractivity contribution in [2.75, 3.05) is 25.9 Å². The first-order valence-corrected chi connectivity index (χ1v) is 14.0. The van der Waals surface area contributed by atoms with E-state index in [1.165, 1.54) is 14.9 Å². The molecule has 0 radical (unpaired) electrons. The highest BCUT2D eigenvalue weighted by molar-refractivity contribution is 7.89. The molecular formula is C22H31N3O5S2. The third kappa shape index (κ3) is 6.50. The van der Waals surface area contributed by atoms with E-state index in [9.17, 15) is 16.8 Å².